The fraction of sp³-hybridized carbons (Fsp3) is 0.333. The minimum absolute atomic E-state index is 0.000651. The number of hydrogen-bond acceptors (Lipinski definition) is 6. The molecule has 1 aliphatic carbocycles. The Morgan fingerprint density at radius 2 is 2.15 bits per heavy atom. The number of rotatable bonds is 6. The molecular weight excluding hydrogens is 266 g/mol. The highest BCUT2D eigenvalue weighted by molar-refractivity contribution is 5.92. The summed E-state index contributed by atoms with van der Waals surface area (Å²) in [5, 5.41) is 14.0. The van der Waals surface area contributed by atoms with Crippen LogP contribution >= 0.6 is 0 Å². The number of anilines is 1. The summed E-state index contributed by atoms with van der Waals surface area (Å²) in [6, 6.07) is 4.23. The number of nitrogens with two attached hydrogens (primary N) is 1. The molecule has 0 heterocycles. The standard InChI is InChI=1S/C12H13N3O5/c13-11(16)6-20-12(17)7-1-4-9(14-8-2-3-8)10(5-7)15(18)19/h1,4-5,8,14H,2-3,6H2,(H2,13,16). The molecule has 0 aliphatic heterocycles. The first-order chi connectivity index (χ1) is 9.47. The molecule has 1 amide bonds. The summed E-state index contributed by atoms with van der Waals surface area (Å²) < 4.78 is 4.60. The summed E-state index contributed by atoms with van der Waals surface area (Å²) in [7, 11) is 0. The Kier molecular flexibility index (Phi) is 3.83. The number of carbonyl (C=O) groups excluding carboxylic acids is 2. The maximum absolute atomic E-state index is 11.6. The van der Waals surface area contributed by atoms with E-state index < -0.39 is 23.4 Å². The van der Waals surface area contributed by atoms with E-state index in [0.717, 1.165) is 18.9 Å². The summed E-state index contributed by atoms with van der Waals surface area (Å²) in [5.41, 5.74) is 5.01. The zero-order chi connectivity index (χ0) is 14.7. The Labute approximate surface area is 114 Å². The molecule has 8 nitrogen and oxygen atoms in total. The van der Waals surface area contributed by atoms with E-state index in [-0.39, 0.29) is 17.3 Å². The fourth-order valence-electron chi connectivity index (χ4n) is 1.60. The van der Waals surface area contributed by atoms with Crippen molar-refractivity contribution in [3.63, 3.8) is 0 Å². The first-order valence-corrected chi connectivity index (χ1v) is 5.98. The first kappa shape index (κ1) is 13.8. The van der Waals surface area contributed by atoms with Crippen molar-refractivity contribution >= 4 is 23.3 Å². The van der Waals surface area contributed by atoms with Crippen molar-refractivity contribution in [2.75, 3.05) is 11.9 Å². The van der Waals surface area contributed by atoms with Crippen LogP contribution in [0.4, 0.5) is 11.4 Å². The number of nitro groups is 1. The van der Waals surface area contributed by atoms with Gasteiger partial charge in [0.15, 0.2) is 6.61 Å². The predicted octanol–water partition coefficient (Wildman–Crippen LogP) is 0.811. The molecule has 8 heteroatoms. The van der Waals surface area contributed by atoms with E-state index in [4.69, 9.17) is 5.73 Å². The molecule has 106 valence electrons. The number of primary amides is 1. The van der Waals surface area contributed by atoms with Gasteiger partial charge in [0.25, 0.3) is 11.6 Å². The molecule has 1 aliphatic rings. The number of ether oxygens (including phenoxy) is 1. The van der Waals surface area contributed by atoms with Gasteiger partial charge >= 0.3 is 5.97 Å². The number of nitrogens with zero attached hydrogens (tertiary/aromatic N) is 1. The van der Waals surface area contributed by atoms with Gasteiger partial charge in [-0.1, -0.05) is 0 Å². The normalized spacial score (nSPS) is 13.6. The van der Waals surface area contributed by atoms with Crippen LogP contribution < -0.4 is 11.1 Å². The Hall–Kier alpha value is -2.64. The molecule has 20 heavy (non-hydrogen) atoms. The highest BCUT2D eigenvalue weighted by Gasteiger charge is 2.25. The third-order valence-electron chi connectivity index (χ3n) is 2.71. The van der Waals surface area contributed by atoms with Crippen LogP contribution in [0.1, 0.15) is 23.2 Å². The molecule has 2 rings (SSSR count). The summed E-state index contributed by atoms with van der Waals surface area (Å²) in [6.45, 7) is -0.561. The SMILES string of the molecule is NC(=O)COC(=O)c1ccc(NC2CC2)c([N+](=O)[O-])c1. The van der Waals surface area contributed by atoms with Gasteiger partial charge in [-0.15, -0.1) is 0 Å². The molecule has 0 spiro atoms. The summed E-state index contributed by atoms with van der Waals surface area (Å²) in [5.74, 6) is -1.62. The molecule has 3 N–H and O–H groups in total. The van der Waals surface area contributed by atoms with Crippen LogP contribution in [0.25, 0.3) is 0 Å². The lowest BCUT2D eigenvalue weighted by atomic mass is 10.1. The van der Waals surface area contributed by atoms with E-state index in [1.165, 1.54) is 12.1 Å². The summed E-state index contributed by atoms with van der Waals surface area (Å²) in [4.78, 5) is 32.5. The number of nitrogens with one attached hydrogen (secondary N) is 1. The third kappa shape index (κ3) is 3.44. The molecule has 0 bridgehead atoms. The number of esters is 1. The predicted molar refractivity (Wildman–Crippen MR) is 69.2 cm³/mol. The summed E-state index contributed by atoms with van der Waals surface area (Å²) in [6.07, 6.45) is 1.94. The molecule has 0 unspecified atom stereocenters. The van der Waals surface area contributed by atoms with Gasteiger partial charge in [0.05, 0.1) is 10.5 Å². The van der Waals surface area contributed by atoms with E-state index in [0.29, 0.717) is 5.69 Å². The van der Waals surface area contributed by atoms with Crippen molar-refractivity contribution in [2.45, 2.75) is 18.9 Å². The molecular formula is C12H13N3O5. The van der Waals surface area contributed by atoms with Gasteiger partial charge < -0.3 is 15.8 Å². The highest BCUT2D eigenvalue weighted by Crippen LogP contribution is 2.31. The van der Waals surface area contributed by atoms with Gasteiger partial charge in [0.1, 0.15) is 5.69 Å². The van der Waals surface area contributed by atoms with Crippen LogP contribution in [0, 0.1) is 10.1 Å². The maximum Gasteiger partial charge on any atom is 0.338 e. The smallest absolute Gasteiger partial charge is 0.338 e. The third-order valence-corrected chi connectivity index (χ3v) is 2.71. The molecule has 1 aromatic rings. The number of nitro benzene ring substituents is 1. The van der Waals surface area contributed by atoms with Crippen LogP contribution in [-0.2, 0) is 9.53 Å². The van der Waals surface area contributed by atoms with Crippen LogP contribution in [0.15, 0.2) is 18.2 Å². The lowest BCUT2D eigenvalue weighted by Crippen LogP contribution is -2.21. The second kappa shape index (κ2) is 5.55. The summed E-state index contributed by atoms with van der Waals surface area (Å²) >= 11 is 0. The van der Waals surface area contributed by atoms with Crippen molar-refractivity contribution < 1.29 is 19.2 Å². The quantitative estimate of drug-likeness (QED) is 0.451. The Morgan fingerprint density at radius 1 is 1.45 bits per heavy atom. The second-order valence-corrected chi connectivity index (χ2v) is 4.45. The van der Waals surface area contributed by atoms with E-state index in [1.54, 1.807) is 0 Å². The first-order valence-electron chi connectivity index (χ1n) is 5.98. The van der Waals surface area contributed by atoms with E-state index in [9.17, 15) is 19.7 Å². The number of carbonyl (C=O) groups is 2. The van der Waals surface area contributed by atoms with Crippen LogP contribution in [0.2, 0.25) is 0 Å². The van der Waals surface area contributed by atoms with Crippen molar-refractivity contribution in [1.29, 1.82) is 0 Å². The van der Waals surface area contributed by atoms with Crippen molar-refractivity contribution in [3.8, 4) is 0 Å². The van der Waals surface area contributed by atoms with Gasteiger partial charge in [-0.05, 0) is 25.0 Å². The van der Waals surface area contributed by atoms with Crippen LogP contribution in [-0.4, -0.2) is 29.4 Å². The maximum atomic E-state index is 11.6. The van der Waals surface area contributed by atoms with E-state index in [2.05, 4.69) is 10.1 Å². The van der Waals surface area contributed by atoms with Crippen molar-refractivity contribution in [2.24, 2.45) is 5.73 Å². The molecule has 0 atom stereocenters. The molecule has 0 aromatic heterocycles. The minimum Gasteiger partial charge on any atom is -0.452 e. The van der Waals surface area contributed by atoms with Crippen LogP contribution in [0.5, 0.6) is 0 Å². The molecule has 0 radical (unpaired) electrons. The topological polar surface area (TPSA) is 125 Å². The zero-order valence-electron chi connectivity index (χ0n) is 10.5. The van der Waals surface area contributed by atoms with Gasteiger partial charge in [0, 0.05) is 12.1 Å². The number of benzene rings is 1. The lowest BCUT2D eigenvalue weighted by Gasteiger charge is -2.07. The highest BCUT2D eigenvalue weighted by atomic mass is 16.6. The van der Waals surface area contributed by atoms with Crippen molar-refractivity contribution in [3.05, 3.63) is 33.9 Å². The average molecular weight is 279 g/mol. The molecule has 1 aromatic carbocycles. The Balaban J connectivity index is 2.17. The van der Waals surface area contributed by atoms with Gasteiger partial charge in [-0.25, -0.2) is 4.79 Å². The van der Waals surface area contributed by atoms with Crippen molar-refractivity contribution in [1.82, 2.24) is 0 Å². The Bertz CT molecular complexity index is 568. The van der Waals surface area contributed by atoms with Crippen LogP contribution in [0.3, 0.4) is 0 Å². The monoisotopic (exact) mass is 279 g/mol. The molecule has 0 saturated heterocycles. The van der Waals surface area contributed by atoms with Gasteiger partial charge in [-0.3, -0.25) is 14.9 Å². The molecule has 1 saturated carbocycles. The Morgan fingerprint density at radius 3 is 2.70 bits per heavy atom. The molecule has 1 fully saturated rings. The lowest BCUT2D eigenvalue weighted by molar-refractivity contribution is -0.384. The average Bonchev–Trinajstić information content (AvgIpc) is 3.20. The minimum atomic E-state index is -0.829. The van der Waals surface area contributed by atoms with Gasteiger partial charge in [-0.2, -0.15) is 0 Å². The second-order valence-electron chi connectivity index (χ2n) is 4.45. The van der Waals surface area contributed by atoms with E-state index in [1.807, 2.05) is 0 Å². The zero-order valence-corrected chi connectivity index (χ0v) is 10.5. The van der Waals surface area contributed by atoms with E-state index >= 15 is 0 Å². The number of amides is 1. The largest absolute Gasteiger partial charge is 0.452 e. The fourth-order valence-corrected chi connectivity index (χ4v) is 1.60. The van der Waals surface area contributed by atoms with Gasteiger partial charge in [0.2, 0.25) is 0 Å². The number of hydrogen-bond donors (Lipinski definition) is 2.